The van der Waals surface area contributed by atoms with Gasteiger partial charge in [0.2, 0.25) is 5.91 Å². The molecular weight excluding hydrogens is 1130 g/mol. The van der Waals surface area contributed by atoms with Crippen molar-refractivity contribution < 1.29 is 32.9 Å². The molecule has 3 unspecified atom stereocenters. The second kappa shape index (κ2) is 71.2. The van der Waals surface area contributed by atoms with Crippen LogP contribution in [0, 0.1) is 0 Å². The summed E-state index contributed by atoms with van der Waals surface area (Å²) in [4.78, 5) is 25.7. The highest BCUT2D eigenvalue weighted by molar-refractivity contribution is 7.45. The fraction of sp³-hybridized carbons (Fsp3) is 0.840. The van der Waals surface area contributed by atoms with Gasteiger partial charge in [-0.2, -0.15) is 0 Å². The summed E-state index contributed by atoms with van der Waals surface area (Å²) in [6.07, 6.45) is 101. The van der Waals surface area contributed by atoms with Gasteiger partial charge >= 0.3 is 0 Å². The monoisotopic (exact) mass is 1280 g/mol. The predicted molar refractivity (Wildman–Crippen MR) is 394 cm³/mol. The minimum Gasteiger partial charge on any atom is -0.756 e. The Morgan fingerprint density at radius 3 is 1.03 bits per heavy atom. The van der Waals surface area contributed by atoms with Crippen molar-refractivity contribution in [3.63, 3.8) is 0 Å². The summed E-state index contributed by atoms with van der Waals surface area (Å²) in [5, 5.41) is 14.0. The zero-order chi connectivity index (χ0) is 65.5. The van der Waals surface area contributed by atoms with Gasteiger partial charge in [0.25, 0.3) is 7.82 Å². The molecule has 0 fully saturated rings. The number of rotatable bonds is 73. The van der Waals surface area contributed by atoms with E-state index >= 15 is 0 Å². The largest absolute Gasteiger partial charge is 0.756 e. The van der Waals surface area contributed by atoms with E-state index in [0.29, 0.717) is 17.4 Å². The van der Waals surface area contributed by atoms with Crippen LogP contribution in [0.4, 0.5) is 0 Å². The molecule has 0 aromatic rings. The average Bonchev–Trinajstić information content (AvgIpc) is 3.72. The van der Waals surface area contributed by atoms with Gasteiger partial charge in [0.1, 0.15) is 13.2 Å². The number of hydrogen-bond donors (Lipinski definition) is 2. The molecular formula is C81H153N2O6P. The molecule has 0 aliphatic carbocycles. The Labute approximate surface area is 561 Å². The van der Waals surface area contributed by atoms with Crippen LogP contribution in [0.15, 0.2) is 72.9 Å². The maximum Gasteiger partial charge on any atom is 0.268 e. The summed E-state index contributed by atoms with van der Waals surface area (Å²) in [5.41, 5.74) is 0. The van der Waals surface area contributed by atoms with E-state index in [-0.39, 0.29) is 12.5 Å². The van der Waals surface area contributed by atoms with Crippen molar-refractivity contribution in [2.45, 2.75) is 398 Å². The quantitative estimate of drug-likeness (QED) is 0.0272. The van der Waals surface area contributed by atoms with Crippen LogP contribution in [0.5, 0.6) is 0 Å². The van der Waals surface area contributed by atoms with Crippen molar-refractivity contribution in [2.24, 2.45) is 0 Å². The van der Waals surface area contributed by atoms with Crippen molar-refractivity contribution in [3.05, 3.63) is 72.9 Å². The van der Waals surface area contributed by atoms with Gasteiger partial charge < -0.3 is 28.8 Å². The second-order valence-corrected chi connectivity index (χ2v) is 29.4. The first kappa shape index (κ1) is 87.9. The number of phosphoric ester groups is 1. The Hall–Kier alpha value is -2.06. The number of aliphatic hydroxyl groups is 1. The fourth-order valence-electron chi connectivity index (χ4n) is 11.9. The van der Waals surface area contributed by atoms with E-state index in [9.17, 15) is 19.4 Å². The van der Waals surface area contributed by atoms with Gasteiger partial charge in [-0.3, -0.25) is 9.36 Å². The maximum atomic E-state index is 13.1. The lowest BCUT2D eigenvalue weighted by molar-refractivity contribution is -0.870. The molecule has 3 atom stereocenters. The third-order valence-corrected chi connectivity index (χ3v) is 18.9. The van der Waals surface area contributed by atoms with Crippen molar-refractivity contribution in [2.75, 3.05) is 40.9 Å². The molecule has 0 bridgehead atoms. The number of nitrogens with zero attached hydrogens (tertiary/aromatic N) is 1. The number of nitrogens with one attached hydrogen (secondary N) is 1. The molecule has 90 heavy (non-hydrogen) atoms. The lowest BCUT2D eigenvalue weighted by Gasteiger charge is -2.29. The number of aliphatic hydroxyl groups excluding tert-OH is 1. The van der Waals surface area contributed by atoms with Crippen LogP contribution in [0.2, 0.25) is 0 Å². The molecule has 0 saturated heterocycles. The van der Waals surface area contributed by atoms with Crippen molar-refractivity contribution >= 4 is 13.7 Å². The van der Waals surface area contributed by atoms with Gasteiger partial charge in [-0.15, -0.1) is 0 Å². The summed E-state index contributed by atoms with van der Waals surface area (Å²) in [7, 11) is 1.26. The number of amides is 1. The van der Waals surface area contributed by atoms with Crippen LogP contribution in [0.25, 0.3) is 0 Å². The van der Waals surface area contributed by atoms with Gasteiger partial charge in [-0.05, 0) is 70.6 Å². The van der Waals surface area contributed by atoms with Gasteiger partial charge in [-0.25, -0.2) is 0 Å². The van der Waals surface area contributed by atoms with Gasteiger partial charge in [0, 0.05) is 6.42 Å². The number of likely N-dealkylation sites (N-methyl/N-ethyl adjacent to an activating group) is 1. The minimum absolute atomic E-state index is 0.00557. The number of quaternary nitrogens is 1. The Bertz CT molecular complexity index is 1700. The Balaban J connectivity index is 3.97. The molecule has 9 heteroatoms. The van der Waals surface area contributed by atoms with Crippen LogP contribution in [-0.2, 0) is 18.4 Å². The van der Waals surface area contributed by atoms with E-state index in [1.54, 1.807) is 6.08 Å². The van der Waals surface area contributed by atoms with Gasteiger partial charge in [0.15, 0.2) is 0 Å². The third-order valence-electron chi connectivity index (χ3n) is 17.9. The zero-order valence-electron chi connectivity index (χ0n) is 60.6. The summed E-state index contributed by atoms with van der Waals surface area (Å²) in [6, 6.07) is -0.906. The number of carbonyl (C=O) groups excluding carboxylic acids is 1. The Morgan fingerprint density at radius 1 is 0.400 bits per heavy atom. The first-order chi connectivity index (χ1) is 44.0. The normalized spacial score (nSPS) is 13.9. The molecule has 0 aliphatic heterocycles. The summed E-state index contributed by atoms with van der Waals surface area (Å²) in [5.74, 6) is -0.200. The maximum absolute atomic E-state index is 13.1. The average molecular weight is 1280 g/mol. The van der Waals surface area contributed by atoms with Crippen molar-refractivity contribution in [1.29, 1.82) is 0 Å². The number of allylic oxidation sites excluding steroid dienone is 11. The summed E-state index contributed by atoms with van der Waals surface area (Å²) < 4.78 is 23.5. The lowest BCUT2D eigenvalue weighted by atomic mass is 10.0. The molecule has 0 aliphatic rings. The molecule has 0 spiro atoms. The number of phosphoric acid groups is 1. The molecule has 8 nitrogen and oxygen atoms in total. The fourth-order valence-corrected chi connectivity index (χ4v) is 12.6. The van der Waals surface area contributed by atoms with Gasteiger partial charge in [-0.1, -0.05) is 382 Å². The van der Waals surface area contributed by atoms with Crippen molar-refractivity contribution in [1.82, 2.24) is 5.32 Å². The Morgan fingerprint density at radius 2 is 0.689 bits per heavy atom. The first-order valence-electron chi connectivity index (χ1n) is 39.3. The van der Waals surface area contributed by atoms with E-state index < -0.39 is 26.6 Å². The number of carbonyl (C=O) groups is 1. The van der Waals surface area contributed by atoms with Crippen LogP contribution in [0.3, 0.4) is 0 Å². The van der Waals surface area contributed by atoms with Crippen LogP contribution in [0.1, 0.15) is 386 Å². The van der Waals surface area contributed by atoms with E-state index in [4.69, 9.17) is 9.05 Å². The van der Waals surface area contributed by atoms with Crippen LogP contribution in [-0.4, -0.2) is 68.5 Å². The smallest absolute Gasteiger partial charge is 0.268 e. The topological polar surface area (TPSA) is 108 Å². The SMILES string of the molecule is CC/C=C\C/C=C\C/C=C\C/C=C\CCCCCCCCCCCCCCCCCCCCCCCCCCCCC(=O)NC(COP(=O)([O-])OCC[N+](C)(C)C)C(O)/C=C/CC/C=C/CCCCCCCCCCCCCCCCCCCCCCCCC. The van der Waals surface area contributed by atoms with E-state index in [0.717, 1.165) is 64.2 Å². The molecule has 0 aromatic heterocycles. The van der Waals surface area contributed by atoms with Crippen molar-refractivity contribution in [3.8, 4) is 0 Å². The standard InChI is InChI=1S/C81H153N2O6P/c1-6-8-10-12-14-16-18-20-22-24-26-28-30-32-34-36-37-38-39-40-41-42-43-44-45-47-49-51-53-55-57-59-61-63-65-67-69-71-73-75-81(85)82-79(78-89-90(86,87)88-77-76-83(3,4)5)80(84)74-72-70-68-66-64-62-60-58-56-54-52-50-48-46-35-33-31-29-27-25-23-21-19-17-15-13-11-9-7-2/h8,10,14,16,20,22,26,28,64,66,72,74,79-80,84H,6-7,9,11-13,15,17-19,21,23-25,27,29-63,65,67-71,73,75-78H2,1-5H3,(H-,82,85,86,87)/b10-8-,16-14-,22-20-,28-26-,66-64+,74-72+. The molecule has 1 amide bonds. The van der Waals surface area contributed by atoms with Crippen LogP contribution < -0.4 is 10.2 Å². The lowest BCUT2D eigenvalue weighted by Crippen LogP contribution is -2.45. The second-order valence-electron chi connectivity index (χ2n) is 28.0. The predicted octanol–water partition coefficient (Wildman–Crippen LogP) is 25.0. The highest BCUT2D eigenvalue weighted by atomic mass is 31.2. The number of unbranched alkanes of at least 4 members (excludes halogenated alkanes) is 50. The third kappa shape index (κ3) is 73.4. The zero-order valence-corrected chi connectivity index (χ0v) is 61.5. The highest BCUT2D eigenvalue weighted by Gasteiger charge is 2.23. The molecule has 0 saturated carbocycles. The molecule has 0 radical (unpaired) electrons. The molecule has 0 rings (SSSR count). The first-order valence-corrected chi connectivity index (χ1v) is 40.8. The van der Waals surface area contributed by atoms with Crippen LogP contribution >= 0.6 is 7.82 Å². The molecule has 2 N–H and O–H groups in total. The van der Waals surface area contributed by atoms with Gasteiger partial charge in [0.05, 0.1) is 39.9 Å². The molecule has 0 heterocycles. The minimum atomic E-state index is -4.62. The van der Waals surface area contributed by atoms with E-state index in [1.165, 1.54) is 302 Å². The van der Waals surface area contributed by atoms with E-state index in [1.807, 2.05) is 27.2 Å². The number of hydrogen-bond acceptors (Lipinski definition) is 6. The molecule has 528 valence electrons. The molecule has 0 aromatic carbocycles. The highest BCUT2D eigenvalue weighted by Crippen LogP contribution is 2.38. The van der Waals surface area contributed by atoms with E-state index in [2.05, 4.69) is 79.9 Å². The summed E-state index contributed by atoms with van der Waals surface area (Å²) in [6.45, 7) is 4.57. The summed E-state index contributed by atoms with van der Waals surface area (Å²) >= 11 is 0. The Kier molecular flexibility index (Phi) is 69.6.